The highest BCUT2D eigenvalue weighted by Gasteiger charge is 2.29. The fraction of sp³-hybridized carbons (Fsp3) is 0.545. The first-order chi connectivity index (χ1) is 8.08. The van der Waals surface area contributed by atoms with E-state index >= 15 is 0 Å². The van der Waals surface area contributed by atoms with E-state index in [1.807, 2.05) is 0 Å². The third-order valence-electron chi connectivity index (χ3n) is 2.85. The van der Waals surface area contributed by atoms with E-state index in [0.717, 1.165) is 12.8 Å². The lowest BCUT2D eigenvalue weighted by Gasteiger charge is -2.11. The van der Waals surface area contributed by atoms with Gasteiger partial charge in [0.15, 0.2) is 0 Å². The molecule has 6 heteroatoms. The van der Waals surface area contributed by atoms with Crippen molar-refractivity contribution >= 4 is 11.9 Å². The summed E-state index contributed by atoms with van der Waals surface area (Å²) in [5.41, 5.74) is 0.509. The van der Waals surface area contributed by atoms with Crippen molar-refractivity contribution in [2.45, 2.75) is 25.9 Å². The molecule has 0 bridgehead atoms. The average molecular weight is 237 g/mol. The molecule has 1 aromatic rings. The zero-order valence-electron chi connectivity index (χ0n) is 9.55. The van der Waals surface area contributed by atoms with Gasteiger partial charge in [-0.25, -0.2) is 14.8 Å². The minimum atomic E-state index is -1.04. The van der Waals surface area contributed by atoms with Crippen LogP contribution < -0.4 is 5.32 Å². The molecule has 0 saturated heterocycles. The number of carboxylic acids is 1. The topological polar surface area (TPSA) is 95.3 Å². The number of aliphatic hydroxyl groups is 1. The molecule has 0 amide bonds. The Morgan fingerprint density at radius 1 is 1.65 bits per heavy atom. The molecule has 1 aromatic heterocycles. The maximum atomic E-state index is 10.8. The van der Waals surface area contributed by atoms with E-state index in [4.69, 9.17) is 5.11 Å². The van der Waals surface area contributed by atoms with Crippen LogP contribution in [0.15, 0.2) is 6.20 Å². The molecule has 1 atom stereocenters. The van der Waals surface area contributed by atoms with E-state index < -0.39 is 5.97 Å². The Morgan fingerprint density at radius 3 is 2.88 bits per heavy atom. The van der Waals surface area contributed by atoms with Gasteiger partial charge in [0, 0.05) is 12.7 Å². The Bertz CT molecular complexity index is 432. The van der Waals surface area contributed by atoms with E-state index in [0.29, 0.717) is 24.1 Å². The van der Waals surface area contributed by atoms with Gasteiger partial charge >= 0.3 is 5.97 Å². The predicted molar refractivity (Wildman–Crippen MR) is 60.9 cm³/mol. The van der Waals surface area contributed by atoms with Gasteiger partial charge in [0.2, 0.25) is 5.95 Å². The minimum absolute atomic E-state index is 0.0956. The van der Waals surface area contributed by atoms with Crippen molar-refractivity contribution in [2.24, 2.45) is 5.92 Å². The summed E-state index contributed by atoms with van der Waals surface area (Å²) < 4.78 is 0. The Morgan fingerprint density at radius 2 is 2.35 bits per heavy atom. The Labute approximate surface area is 98.7 Å². The summed E-state index contributed by atoms with van der Waals surface area (Å²) in [5, 5.41) is 21.4. The van der Waals surface area contributed by atoms with Gasteiger partial charge in [0.05, 0.1) is 17.4 Å². The number of aliphatic hydroxyl groups excluding tert-OH is 1. The first kappa shape index (κ1) is 11.8. The largest absolute Gasteiger partial charge is 0.478 e. The summed E-state index contributed by atoms with van der Waals surface area (Å²) in [7, 11) is 0. The summed E-state index contributed by atoms with van der Waals surface area (Å²) in [4.78, 5) is 18.7. The van der Waals surface area contributed by atoms with Crippen molar-refractivity contribution in [3.8, 4) is 0 Å². The molecule has 1 aliphatic rings. The molecule has 0 aliphatic heterocycles. The summed E-state index contributed by atoms with van der Waals surface area (Å²) in [6.07, 6.45) is 3.04. The number of aryl methyl sites for hydroxylation is 1. The lowest BCUT2D eigenvalue weighted by molar-refractivity contribution is 0.0695. The molecule has 1 saturated carbocycles. The van der Waals surface area contributed by atoms with Crippen LogP contribution in [-0.4, -0.2) is 38.8 Å². The van der Waals surface area contributed by atoms with Crippen molar-refractivity contribution in [1.82, 2.24) is 9.97 Å². The lowest BCUT2D eigenvalue weighted by atomic mass is 10.2. The first-order valence-corrected chi connectivity index (χ1v) is 5.57. The molecule has 6 nitrogen and oxygen atoms in total. The quantitative estimate of drug-likeness (QED) is 0.696. The minimum Gasteiger partial charge on any atom is -0.478 e. The fourth-order valence-corrected chi connectivity index (χ4v) is 1.61. The van der Waals surface area contributed by atoms with Gasteiger partial charge in [-0.1, -0.05) is 0 Å². The molecule has 1 fully saturated rings. The van der Waals surface area contributed by atoms with Gasteiger partial charge in [0.25, 0.3) is 0 Å². The van der Waals surface area contributed by atoms with Crippen LogP contribution in [0.25, 0.3) is 0 Å². The molecule has 0 radical (unpaired) electrons. The molecule has 92 valence electrons. The standard InChI is InChI=1S/C11H15N3O3/c1-6-8(10(16)17)4-12-11(14-6)13-5-9(15)7-2-3-7/h4,7,9,15H,2-3,5H2,1H3,(H,16,17)(H,12,13,14). The molecular weight excluding hydrogens is 222 g/mol. The van der Waals surface area contributed by atoms with Crippen LogP contribution in [0.5, 0.6) is 0 Å². The SMILES string of the molecule is Cc1nc(NCC(O)C2CC2)ncc1C(=O)O. The fourth-order valence-electron chi connectivity index (χ4n) is 1.61. The van der Waals surface area contributed by atoms with Crippen molar-refractivity contribution in [2.75, 3.05) is 11.9 Å². The lowest BCUT2D eigenvalue weighted by Crippen LogP contribution is -2.22. The highest BCUT2D eigenvalue weighted by molar-refractivity contribution is 5.88. The van der Waals surface area contributed by atoms with Crippen molar-refractivity contribution in [3.63, 3.8) is 0 Å². The van der Waals surface area contributed by atoms with E-state index in [9.17, 15) is 9.90 Å². The molecule has 1 aliphatic carbocycles. The van der Waals surface area contributed by atoms with Gasteiger partial charge in [-0.2, -0.15) is 0 Å². The van der Waals surface area contributed by atoms with E-state index in [-0.39, 0.29) is 11.7 Å². The van der Waals surface area contributed by atoms with Gasteiger partial charge < -0.3 is 15.5 Å². The number of nitrogens with zero attached hydrogens (tertiary/aromatic N) is 2. The van der Waals surface area contributed by atoms with Crippen LogP contribution in [0.4, 0.5) is 5.95 Å². The zero-order valence-corrected chi connectivity index (χ0v) is 9.55. The highest BCUT2D eigenvalue weighted by atomic mass is 16.4. The van der Waals surface area contributed by atoms with Crippen LogP contribution in [0, 0.1) is 12.8 Å². The molecule has 1 unspecified atom stereocenters. The summed E-state index contributed by atoms with van der Waals surface area (Å²) in [6, 6.07) is 0. The summed E-state index contributed by atoms with van der Waals surface area (Å²) >= 11 is 0. The molecular formula is C11H15N3O3. The second-order valence-electron chi connectivity index (χ2n) is 4.28. The highest BCUT2D eigenvalue weighted by Crippen LogP contribution is 2.32. The maximum absolute atomic E-state index is 10.8. The van der Waals surface area contributed by atoms with Crippen LogP contribution in [0.2, 0.25) is 0 Å². The average Bonchev–Trinajstić information content (AvgIpc) is 3.09. The summed E-state index contributed by atoms with van der Waals surface area (Å²) in [5.74, 6) is -0.291. The van der Waals surface area contributed by atoms with Gasteiger partial charge in [0.1, 0.15) is 0 Å². The monoisotopic (exact) mass is 237 g/mol. The third kappa shape index (κ3) is 2.91. The smallest absolute Gasteiger partial charge is 0.339 e. The van der Waals surface area contributed by atoms with E-state index in [1.165, 1.54) is 6.20 Å². The molecule has 0 aromatic carbocycles. The number of carbonyl (C=O) groups is 1. The molecule has 0 spiro atoms. The predicted octanol–water partition coefficient (Wildman–Crippen LogP) is 0.666. The van der Waals surface area contributed by atoms with Crippen molar-refractivity contribution in [1.29, 1.82) is 0 Å². The number of nitrogens with one attached hydrogen (secondary N) is 1. The number of aromatic carboxylic acids is 1. The second kappa shape index (κ2) is 4.67. The second-order valence-corrected chi connectivity index (χ2v) is 4.28. The molecule has 17 heavy (non-hydrogen) atoms. The number of rotatable bonds is 5. The normalized spacial score (nSPS) is 16.6. The molecule has 2 rings (SSSR count). The molecule has 1 heterocycles. The van der Waals surface area contributed by atoms with Gasteiger partial charge in [-0.05, 0) is 25.7 Å². The van der Waals surface area contributed by atoms with Crippen LogP contribution in [0.3, 0.4) is 0 Å². The Kier molecular flexibility index (Phi) is 3.23. The van der Waals surface area contributed by atoms with E-state index in [1.54, 1.807) is 6.92 Å². The number of hydrogen-bond acceptors (Lipinski definition) is 5. The maximum Gasteiger partial charge on any atom is 0.339 e. The first-order valence-electron chi connectivity index (χ1n) is 5.57. The zero-order chi connectivity index (χ0) is 12.4. The number of hydrogen-bond donors (Lipinski definition) is 3. The van der Waals surface area contributed by atoms with Crippen LogP contribution in [-0.2, 0) is 0 Å². The van der Waals surface area contributed by atoms with Crippen molar-refractivity contribution in [3.05, 3.63) is 17.5 Å². The number of aromatic nitrogens is 2. The van der Waals surface area contributed by atoms with Crippen molar-refractivity contribution < 1.29 is 15.0 Å². The number of anilines is 1. The number of carboxylic acid groups (broad SMARTS) is 1. The summed E-state index contributed by atoms with van der Waals surface area (Å²) in [6.45, 7) is 2.02. The third-order valence-corrected chi connectivity index (χ3v) is 2.85. The van der Waals surface area contributed by atoms with E-state index in [2.05, 4.69) is 15.3 Å². The molecule has 3 N–H and O–H groups in total. The Balaban J connectivity index is 1.97. The van der Waals surface area contributed by atoms with Gasteiger partial charge in [-0.15, -0.1) is 0 Å². The van der Waals surface area contributed by atoms with Crippen LogP contribution >= 0.6 is 0 Å². The Hall–Kier alpha value is -1.69. The van der Waals surface area contributed by atoms with Crippen LogP contribution in [0.1, 0.15) is 28.9 Å². The van der Waals surface area contributed by atoms with Gasteiger partial charge in [-0.3, -0.25) is 0 Å².